The molecule has 1 fully saturated rings. The largest absolute Gasteiger partial charge is 0.494 e. The number of carbonyl (C=O) groups excluding carboxylic acids is 1. The molecule has 0 spiro atoms. The number of hydrogen-bond acceptors (Lipinski definition) is 7. The highest BCUT2D eigenvalue weighted by Gasteiger charge is 2.48. The first-order chi connectivity index (χ1) is 20.3. The molecule has 0 unspecified atom stereocenters. The lowest BCUT2D eigenvalue weighted by Crippen LogP contribution is -2.35. The molecule has 222 valence electrons. The molecular formula is C32H35FN2O7. The highest BCUT2D eigenvalue weighted by atomic mass is 19.1. The van der Waals surface area contributed by atoms with Crippen LogP contribution in [0.2, 0.25) is 0 Å². The number of carboxylic acids is 1. The number of rotatable bonds is 10. The van der Waals surface area contributed by atoms with Crippen LogP contribution in [-0.4, -0.2) is 56.0 Å². The Hall–Kier alpha value is -4.31. The van der Waals surface area contributed by atoms with Crippen molar-refractivity contribution in [1.29, 1.82) is 0 Å². The molecule has 2 aliphatic heterocycles. The van der Waals surface area contributed by atoms with E-state index in [0.29, 0.717) is 28.4 Å². The Labute approximate surface area is 244 Å². The van der Waals surface area contributed by atoms with Gasteiger partial charge in [-0.3, -0.25) is 14.5 Å². The molecule has 10 heteroatoms. The number of halogens is 1. The molecule has 42 heavy (non-hydrogen) atoms. The van der Waals surface area contributed by atoms with Crippen LogP contribution >= 0.6 is 0 Å². The number of carboxylic acid groups (broad SMARTS) is 1. The number of likely N-dealkylation sites (tertiary alicyclic amines) is 1. The van der Waals surface area contributed by atoms with Crippen molar-refractivity contribution in [1.82, 2.24) is 4.90 Å². The van der Waals surface area contributed by atoms with Crippen molar-refractivity contribution in [2.45, 2.75) is 38.6 Å². The third-order valence-electron chi connectivity index (χ3n) is 8.12. The van der Waals surface area contributed by atoms with Gasteiger partial charge in [0.1, 0.15) is 0 Å². The van der Waals surface area contributed by atoms with Gasteiger partial charge in [0.25, 0.3) is 0 Å². The van der Waals surface area contributed by atoms with Crippen molar-refractivity contribution in [3.05, 3.63) is 76.6 Å². The van der Waals surface area contributed by atoms with Gasteiger partial charge in [-0.05, 0) is 59.4 Å². The molecule has 0 aromatic heterocycles. The maximum Gasteiger partial charge on any atom is 0.309 e. The van der Waals surface area contributed by atoms with E-state index in [-0.39, 0.29) is 31.5 Å². The predicted molar refractivity (Wildman–Crippen MR) is 154 cm³/mol. The van der Waals surface area contributed by atoms with E-state index in [1.807, 2.05) is 32.0 Å². The quantitative estimate of drug-likeness (QED) is 0.339. The van der Waals surface area contributed by atoms with E-state index >= 15 is 0 Å². The Morgan fingerprint density at radius 2 is 1.71 bits per heavy atom. The average Bonchev–Trinajstić information content (AvgIpc) is 3.61. The van der Waals surface area contributed by atoms with Crippen LogP contribution in [0, 0.1) is 11.7 Å². The number of aliphatic carboxylic acids is 1. The van der Waals surface area contributed by atoms with E-state index in [0.717, 1.165) is 29.7 Å². The summed E-state index contributed by atoms with van der Waals surface area (Å²) in [6, 6.07) is 13.1. The first kappa shape index (κ1) is 29.2. The van der Waals surface area contributed by atoms with Gasteiger partial charge in [0.15, 0.2) is 23.1 Å². The third-order valence-corrected chi connectivity index (χ3v) is 8.12. The van der Waals surface area contributed by atoms with Crippen LogP contribution in [0.25, 0.3) is 0 Å². The molecule has 3 aromatic carbocycles. The molecular weight excluding hydrogens is 543 g/mol. The number of nitrogens with one attached hydrogen (secondary N) is 1. The number of fused-ring (bicyclic) bond motifs is 1. The number of nitrogens with zero attached hydrogens (tertiary/aromatic N) is 1. The number of methoxy groups -OCH3 is 2. The summed E-state index contributed by atoms with van der Waals surface area (Å²) in [5, 5.41) is 13.6. The Morgan fingerprint density at radius 3 is 2.33 bits per heavy atom. The van der Waals surface area contributed by atoms with Gasteiger partial charge >= 0.3 is 5.97 Å². The van der Waals surface area contributed by atoms with Gasteiger partial charge in [0.2, 0.25) is 18.4 Å². The minimum atomic E-state index is -1.06. The monoisotopic (exact) mass is 578 g/mol. The van der Waals surface area contributed by atoms with Crippen molar-refractivity contribution in [2.24, 2.45) is 5.92 Å². The lowest BCUT2D eigenvalue weighted by atomic mass is 9.82. The lowest BCUT2D eigenvalue weighted by Gasteiger charge is -2.27. The Morgan fingerprint density at radius 1 is 1.00 bits per heavy atom. The van der Waals surface area contributed by atoms with Crippen LogP contribution in [0.15, 0.2) is 48.5 Å². The summed E-state index contributed by atoms with van der Waals surface area (Å²) >= 11 is 0. The minimum absolute atomic E-state index is 0.0290. The van der Waals surface area contributed by atoms with Crippen molar-refractivity contribution < 1.29 is 38.0 Å². The highest BCUT2D eigenvalue weighted by Crippen LogP contribution is 2.50. The average molecular weight is 579 g/mol. The van der Waals surface area contributed by atoms with Gasteiger partial charge in [0.05, 0.1) is 26.7 Å². The molecule has 1 amide bonds. The smallest absolute Gasteiger partial charge is 0.309 e. The Balaban J connectivity index is 1.54. The summed E-state index contributed by atoms with van der Waals surface area (Å²) in [6.07, 6.45) is 1.49. The molecule has 0 saturated carbocycles. The Kier molecular flexibility index (Phi) is 8.54. The van der Waals surface area contributed by atoms with Gasteiger partial charge in [-0.2, -0.15) is 0 Å². The van der Waals surface area contributed by atoms with E-state index < -0.39 is 29.7 Å². The van der Waals surface area contributed by atoms with Crippen molar-refractivity contribution in [2.75, 3.05) is 39.4 Å². The summed E-state index contributed by atoms with van der Waals surface area (Å²) < 4.78 is 36.7. The van der Waals surface area contributed by atoms with Gasteiger partial charge in [-0.25, -0.2) is 4.39 Å². The van der Waals surface area contributed by atoms with E-state index in [4.69, 9.17) is 18.9 Å². The normalized spacial score (nSPS) is 19.5. The molecule has 0 aliphatic carbocycles. The van der Waals surface area contributed by atoms with E-state index in [1.54, 1.807) is 23.1 Å². The van der Waals surface area contributed by atoms with E-state index in [2.05, 4.69) is 5.32 Å². The van der Waals surface area contributed by atoms with Crippen LogP contribution < -0.4 is 24.3 Å². The van der Waals surface area contributed by atoms with Crippen LogP contribution in [-0.2, 0) is 22.4 Å². The SMILES string of the molecule is CCc1cccc(CC)c1NC(=O)CN1C[C@H](c2cc(OC)c3c(c2)OCO3)[C@H](C(=O)O)[C@H]1c1ccc(OC)c(F)c1. The number of para-hydroxylation sites is 1. The first-order valence-corrected chi connectivity index (χ1v) is 14.0. The summed E-state index contributed by atoms with van der Waals surface area (Å²) in [5.74, 6) is -2.14. The van der Waals surface area contributed by atoms with Gasteiger partial charge in [-0.1, -0.05) is 38.1 Å². The fourth-order valence-corrected chi connectivity index (χ4v) is 6.13. The van der Waals surface area contributed by atoms with Crippen LogP contribution in [0.1, 0.15) is 48.1 Å². The van der Waals surface area contributed by atoms with Gasteiger partial charge in [0, 0.05) is 24.2 Å². The minimum Gasteiger partial charge on any atom is -0.494 e. The zero-order valence-corrected chi connectivity index (χ0v) is 24.1. The number of hydrogen-bond donors (Lipinski definition) is 2. The van der Waals surface area contributed by atoms with Gasteiger partial charge < -0.3 is 29.4 Å². The topological polar surface area (TPSA) is 107 Å². The maximum atomic E-state index is 14.9. The molecule has 0 bridgehead atoms. The van der Waals surface area contributed by atoms with Gasteiger partial charge in [-0.15, -0.1) is 0 Å². The van der Waals surface area contributed by atoms with E-state index in [1.165, 1.54) is 26.4 Å². The number of ether oxygens (including phenoxy) is 4. The molecule has 2 heterocycles. The highest BCUT2D eigenvalue weighted by molar-refractivity contribution is 5.94. The zero-order valence-electron chi connectivity index (χ0n) is 24.1. The molecule has 9 nitrogen and oxygen atoms in total. The van der Waals surface area contributed by atoms with Crippen LogP contribution in [0.5, 0.6) is 23.0 Å². The van der Waals surface area contributed by atoms with Crippen LogP contribution in [0.3, 0.4) is 0 Å². The first-order valence-electron chi connectivity index (χ1n) is 14.0. The molecule has 3 atom stereocenters. The second-order valence-corrected chi connectivity index (χ2v) is 10.4. The molecule has 5 rings (SSSR count). The Bertz CT molecular complexity index is 1470. The molecule has 2 aliphatic rings. The number of amides is 1. The molecule has 3 aromatic rings. The molecule has 2 N–H and O–H groups in total. The summed E-state index contributed by atoms with van der Waals surface area (Å²) in [4.78, 5) is 28.3. The number of anilines is 1. The second-order valence-electron chi connectivity index (χ2n) is 10.4. The molecule has 0 radical (unpaired) electrons. The standard InChI is InChI=1S/C32H35FN2O7/c1-5-18-8-7-9-19(6-2)29(18)34-27(36)16-35-15-22(21-13-25(40-4)31-26(14-21)41-17-42-31)28(32(37)38)30(35)20-10-11-24(39-3)23(33)12-20/h7-14,22,28,30H,5-6,15-17H2,1-4H3,(H,34,36)(H,37,38)/t22-,28+,30-/m1/s1. The fourth-order valence-electron chi connectivity index (χ4n) is 6.13. The summed E-state index contributed by atoms with van der Waals surface area (Å²) in [6.45, 7) is 4.21. The molecule has 1 saturated heterocycles. The zero-order chi connectivity index (χ0) is 30.0. The maximum absolute atomic E-state index is 14.9. The third kappa shape index (κ3) is 5.46. The number of benzene rings is 3. The lowest BCUT2D eigenvalue weighted by molar-refractivity contribution is -0.143. The second kappa shape index (κ2) is 12.3. The number of carbonyl (C=O) groups is 2. The van der Waals surface area contributed by atoms with Crippen molar-refractivity contribution in [3.8, 4) is 23.0 Å². The van der Waals surface area contributed by atoms with Crippen molar-refractivity contribution in [3.63, 3.8) is 0 Å². The van der Waals surface area contributed by atoms with Crippen LogP contribution in [0.4, 0.5) is 10.1 Å². The van der Waals surface area contributed by atoms with Crippen molar-refractivity contribution >= 4 is 17.6 Å². The number of aryl methyl sites for hydroxylation is 2. The predicted octanol–water partition coefficient (Wildman–Crippen LogP) is 5.18. The van der Waals surface area contributed by atoms with E-state index in [9.17, 15) is 19.1 Å². The summed E-state index contributed by atoms with van der Waals surface area (Å²) in [5.41, 5.74) is 3.92. The fraction of sp³-hybridized carbons (Fsp3) is 0.375. The summed E-state index contributed by atoms with van der Waals surface area (Å²) in [7, 11) is 2.87.